The molecule has 0 saturated carbocycles. The molecule has 0 spiro atoms. The highest BCUT2D eigenvalue weighted by molar-refractivity contribution is 5.72. The van der Waals surface area contributed by atoms with Crippen LogP contribution < -0.4 is 5.32 Å². The molecule has 3 nitrogen and oxygen atoms in total. The molecule has 1 rings (SSSR count). The van der Waals surface area contributed by atoms with Gasteiger partial charge in [-0.15, -0.1) is 0 Å². The minimum absolute atomic E-state index is 0.177. The summed E-state index contributed by atoms with van der Waals surface area (Å²) in [4.78, 5) is 11.1. The van der Waals surface area contributed by atoms with Gasteiger partial charge in [0.1, 0.15) is 0 Å². The van der Waals surface area contributed by atoms with Crippen LogP contribution in [0.25, 0.3) is 0 Å². The Hall–Kier alpha value is -0.780. The number of ether oxygens (including phenoxy) is 1. The van der Waals surface area contributed by atoms with Crippen molar-refractivity contribution in [1.29, 1.82) is 0 Å². The molecule has 1 fully saturated rings. The molecule has 0 aromatic carbocycles. The summed E-state index contributed by atoms with van der Waals surface area (Å²) >= 11 is 0. The predicted octanol–water partition coefficient (Wildman–Crippen LogP) is 0.947. The molecule has 1 N–H and O–H groups in total. The van der Waals surface area contributed by atoms with Crippen LogP contribution in [0.3, 0.4) is 0 Å². The van der Waals surface area contributed by atoms with Gasteiger partial charge in [0.25, 0.3) is 0 Å². The lowest BCUT2D eigenvalue weighted by Crippen LogP contribution is -2.47. The monoisotopic (exact) mass is 211 g/mol. The van der Waals surface area contributed by atoms with E-state index in [1.54, 1.807) is 0 Å². The zero-order valence-electron chi connectivity index (χ0n) is 7.73. The SMILES string of the molecule is COC(=O)[C@@H]1CCNC[C@@H]1C(F)(F)F. The highest BCUT2D eigenvalue weighted by Crippen LogP contribution is 2.35. The average Bonchev–Trinajstić information content (AvgIpc) is 2.15. The van der Waals surface area contributed by atoms with Gasteiger partial charge in [-0.3, -0.25) is 4.79 Å². The van der Waals surface area contributed by atoms with Crippen molar-refractivity contribution in [1.82, 2.24) is 5.32 Å². The highest BCUT2D eigenvalue weighted by atomic mass is 19.4. The van der Waals surface area contributed by atoms with E-state index >= 15 is 0 Å². The zero-order valence-corrected chi connectivity index (χ0v) is 7.73. The standard InChI is InChI=1S/C8H12F3NO2/c1-14-7(13)5-2-3-12-4-6(5)8(9,10)11/h5-6,12H,2-4H2,1H3/t5-,6+/m1/s1. The van der Waals surface area contributed by atoms with Crippen molar-refractivity contribution in [2.75, 3.05) is 20.2 Å². The number of rotatable bonds is 1. The van der Waals surface area contributed by atoms with E-state index in [0.29, 0.717) is 6.54 Å². The van der Waals surface area contributed by atoms with E-state index in [0.717, 1.165) is 7.11 Å². The molecule has 82 valence electrons. The molecule has 0 unspecified atom stereocenters. The predicted molar refractivity (Wildman–Crippen MR) is 42.5 cm³/mol. The minimum atomic E-state index is -4.34. The van der Waals surface area contributed by atoms with E-state index < -0.39 is 24.0 Å². The molecule has 0 bridgehead atoms. The van der Waals surface area contributed by atoms with Crippen LogP contribution in [-0.4, -0.2) is 32.3 Å². The summed E-state index contributed by atoms with van der Waals surface area (Å²) in [5.41, 5.74) is 0. The molecule has 0 aliphatic carbocycles. The quantitative estimate of drug-likeness (QED) is 0.656. The van der Waals surface area contributed by atoms with Crippen LogP contribution in [0.5, 0.6) is 0 Å². The van der Waals surface area contributed by atoms with Crippen molar-refractivity contribution in [3.63, 3.8) is 0 Å². The second-order valence-electron chi connectivity index (χ2n) is 3.27. The molecule has 1 heterocycles. The van der Waals surface area contributed by atoms with Gasteiger partial charge in [-0.05, 0) is 13.0 Å². The molecule has 0 amide bonds. The summed E-state index contributed by atoms with van der Waals surface area (Å²) in [7, 11) is 1.11. The Morgan fingerprint density at radius 2 is 2.14 bits per heavy atom. The third-order valence-electron chi connectivity index (χ3n) is 2.41. The first-order valence-electron chi connectivity index (χ1n) is 4.32. The number of piperidine rings is 1. The van der Waals surface area contributed by atoms with Crippen LogP contribution in [0.2, 0.25) is 0 Å². The van der Waals surface area contributed by atoms with Gasteiger partial charge in [0.15, 0.2) is 0 Å². The van der Waals surface area contributed by atoms with Crippen molar-refractivity contribution in [3.05, 3.63) is 0 Å². The van der Waals surface area contributed by atoms with E-state index in [4.69, 9.17) is 0 Å². The Morgan fingerprint density at radius 3 is 2.64 bits per heavy atom. The van der Waals surface area contributed by atoms with Crippen LogP contribution in [0.4, 0.5) is 13.2 Å². The first-order valence-corrected chi connectivity index (χ1v) is 4.32. The lowest BCUT2D eigenvalue weighted by Gasteiger charge is -2.31. The molecule has 0 aromatic heterocycles. The van der Waals surface area contributed by atoms with Crippen molar-refractivity contribution >= 4 is 5.97 Å². The Balaban J connectivity index is 2.74. The van der Waals surface area contributed by atoms with Gasteiger partial charge in [0.2, 0.25) is 0 Å². The van der Waals surface area contributed by atoms with Gasteiger partial charge in [-0.1, -0.05) is 0 Å². The second kappa shape index (κ2) is 4.16. The third-order valence-corrected chi connectivity index (χ3v) is 2.41. The Kier molecular flexibility index (Phi) is 3.36. The zero-order chi connectivity index (χ0) is 10.8. The molecule has 0 aromatic rings. The van der Waals surface area contributed by atoms with Crippen LogP contribution in [0.15, 0.2) is 0 Å². The Bertz CT molecular complexity index is 217. The topological polar surface area (TPSA) is 38.3 Å². The molecule has 0 radical (unpaired) electrons. The molecule has 6 heteroatoms. The van der Waals surface area contributed by atoms with Crippen molar-refractivity contribution in [2.24, 2.45) is 11.8 Å². The van der Waals surface area contributed by atoms with Crippen molar-refractivity contribution in [3.8, 4) is 0 Å². The Labute approximate surface area is 79.6 Å². The van der Waals surface area contributed by atoms with E-state index in [1.807, 2.05) is 0 Å². The van der Waals surface area contributed by atoms with Gasteiger partial charge < -0.3 is 10.1 Å². The number of esters is 1. The van der Waals surface area contributed by atoms with Gasteiger partial charge >= 0.3 is 12.1 Å². The van der Waals surface area contributed by atoms with E-state index in [9.17, 15) is 18.0 Å². The maximum absolute atomic E-state index is 12.4. The maximum atomic E-state index is 12.4. The smallest absolute Gasteiger partial charge is 0.393 e. The van der Waals surface area contributed by atoms with Crippen LogP contribution in [-0.2, 0) is 9.53 Å². The third kappa shape index (κ3) is 2.37. The molecule has 1 aliphatic heterocycles. The fourth-order valence-electron chi connectivity index (χ4n) is 1.64. The number of hydrogen-bond acceptors (Lipinski definition) is 3. The number of carbonyl (C=O) groups excluding carboxylic acids is 1. The minimum Gasteiger partial charge on any atom is -0.469 e. The van der Waals surface area contributed by atoms with Crippen molar-refractivity contribution in [2.45, 2.75) is 12.6 Å². The number of carbonyl (C=O) groups is 1. The van der Waals surface area contributed by atoms with Gasteiger partial charge in [0, 0.05) is 6.54 Å². The van der Waals surface area contributed by atoms with Crippen molar-refractivity contribution < 1.29 is 22.7 Å². The molecule has 14 heavy (non-hydrogen) atoms. The maximum Gasteiger partial charge on any atom is 0.393 e. The summed E-state index contributed by atoms with van der Waals surface area (Å²) in [6, 6.07) is 0. The van der Waals surface area contributed by atoms with E-state index in [-0.39, 0.29) is 13.0 Å². The lowest BCUT2D eigenvalue weighted by atomic mass is 9.86. The van der Waals surface area contributed by atoms with Crippen LogP contribution >= 0.6 is 0 Å². The number of hydrogen-bond donors (Lipinski definition) is 1. The summed E-state index contributed by atoms with van der Waals surface area (Å²) in [6.07, 6.45) is -4.16. The summed E-state index contributed by atoms with van der Waals surface area (Å²) in [6.45, 7) is 0.218. The van der Waals surface area contributed by atoms with E-state index in [1.165, 1.54) is 0 Å². The molecule has 2 atom stereocenters. The molecule has 1 aliphatic rings. The fourth-order valence-corrected chi connectivity index (χ4v) is 1.64. The molecule has 1 saturated heterocycles. The molecular weight excluding hydrogens is 199 g/mol. The first kappa shape index (κ1) is 11.3. The number of alkyl halides is 3. The normalized spacial score (nSPS) is 28.6. The summed E-state index contributed by atoms with van der Waals surface area (Å²) < 4.78 is 41.7. The lowest BCUT2D eigenvalue weighted by molar-refractivity contribution is -0.200. The number of nitrogens with one attached hydrogen (secondary N) is 1. The number of methoxy groups -OCH3 is 1. The fraction of sp³-hybridized carbons (Fsp3) is 0.875. The number of halogens is 3. The van der Waals surface area contributed by atoms with Crippen LogP contribution in [0, 0.1) is 11.8 Å². The van der Waals surface area contributed by atoms with Crippen LogP contribution in [0.1, 0.15) is 6.42 Å². The summed E-state index contributed by atoms with van der Waals surface area (Å²) in [5.74, 6) is -3.45. The average molecular weight is 211 g/mol. The highest BCUT2D eigenvalue weighted by Gasteiger charge is 2.48. The Morgan fingerprint density at radius 1 is 1.50 bits per heavy atom. The van der Waals surface area contributed by atoms with Gasteiger partial charge in [-0.2, -0.15) is 13.2 Å². The van der Waals surface area contributed by atoms with Gasteiger partial charge in [0.05, 0.1) is 18.9 Å². The largest absolute Gasteiger partial charge is 0.469 e. The van der Waals surface area contributed by atoms with E-state index in [2.05, 4.69) is 10.1 Å². The van der Waals surface area contributed by atoms with Gasteiger partial charge in [-0.25, -0.2) is 0 Å². The summed E-state index contributed by atoms with van der Waals surface area (Å²) in [5, 5.41) is 2.62. The first-order chi connectivity index (χ1) is 6.46. The second-order valence-corrected chi connectivity index (χ2v) is 3.27. The molecular formula is C8H12F3NO2.